The third-order valence-electron chi connectivity index (χ3n) is 1.40. The summed E-state index contributed by atoms with van der Waals surface area (Å²) in [7, 11) is 1.58. The minimum absolute atomic E-state index is 0.362. The van der Waals surface area contributed by atoms with E-state index in [1.165, 1.54) is 0 Å². The fourth-order valence-corrected chi connectivity index (χ4v) is 0.941. The van der Waals surface area contributed by atoms with Crippen LogP contribution < -0.4 is 5.32 Å². The van der Waals surface area contributed by atoms with E-state index in [9.17, 15) is 4.79 Å². The monoisotopic (exact) mass is 145 g/mol. The average molecular weight is 145 g/mol. The SMILES string of the molecule is COCC1(C)CNC(=O)O1. The summed E-state index contributed by atoms with van der Waals surface area (Å²) in [6.45, 7) is 2.79. The molecule has 0 aromatic carbocycles. The van der Waals surface area contributed by atoms with Gasteiger partial charge >= 0.3 is 6.09 Å². The molecule has 0 aliphatic carbocycles. The Morgan fingerprint density at radius 1 is 1.90 bits per heavy atom. The van der Waals surface area contributed by atoms with E-state index < -0.39 is 5.60 Å². The third-order valence-corrected chi connectivity index (χ3v) is 1.40. The Morgan fingerprint density at radius 2 is 2.60 bits per heavy atom. The van der Waals surface area contributed by atoms with E-state index in [2.05, 4.69) is 5.32 Å². The number of cyclic esters (lactones) is 1. The van der Waals surface area contributed by atoms with Crippen LogP contribution in [-0.4, -0.2) is 32.0 Å². The number of carbonyl (C=O) groups excluding carboxylic acids is 1. The molecule has 0 saturated carbocycles. The summed E-state index contributed by atoms with van der Waals surface area (Å²) in [5.41, 5.74) is -0.466. The Kier molecular flexibility index (Phi) is 1.80. The first-order valence-corrected chi connectivity index (χ1v) is 3.12. The van der Waals surface area contributed by atoms with E-state index in [0.717, 1.165) is 0 Å². The van der Waals surface area contributed by atoms with Crippen molar-refractivity contribution in [3.63, 3.8) is 0 Å². The summed E-state index contributed by atoms with van der Waals surface area (Å²) >= 11 is 0. The second-order valence-corrected chi connectivity index (χ2v) is 2.63. The minimum atomic E-state index is -0.466. The molecule has 1 atom stereocenters. The van der Waals surface area contributed by atoms with Crippen molar-refractivity contribution in [2.75, 3.05) is 20.3 Å². The Hall–Kier alpha value is -0.770. The molecule has 0 bridgehead atoms. The second kappa shape index (κ2) is 2.46. The molecule has 1 saturated heterocycles. The zero-order valence-electron chi connectivity index (χ0n) is 6.14. The van der Waals surface area contributed by atoms with Crippen LogP contribution in [0.4, 0.5) is 4.79 Å². The van der Waals surface area contributed by atoms with Crippen LogP contribution in [-0.2, 0) is 9.47 Å². The smallest absolute Gasteiger partial charge is 0.407 e. The lowest BCUT2D eigenvalue weighted by molar-refractivity contribution is 0.00339. The molecule has 4 nitrogen and oxygen atoms in total. The molecule has 1 unspecified atom stereocenters. The van der Waals surface area contributed by atoms with Gasteiger partial charge in [0.2, 0.25) is 0 Å². The first-order valence-electron chi connectivity index (χ1n) is 3.12. The van der Waals surface area contributed by atoms with Gasteiger partial charge in [0.1, 0.15) is 0 Å². The topological polar surface area (TPSA) is 47.6 Å². The van der Waals surface area contributed by atoms with Gasteiger partial charge in [-0.1, -0.05) is 0 Å². The Labute approximate surface area is 59.5 Å². The van der Waals surface area contributed by atoms with Crippen LogP contribution in [0.1, 0.15) is 6.92 Å². The summed E-state index contributed by atoms with van der Waals surface area (Å²) in [5.74, 6) is 0. The number of nitrogens with one attached hydrogen (secondary N) is 1. The maximum Gasteiger partial charge on any atom is 0.407 e. The van der Waals surface area contributed by atoms with Crippen LogP contribution in [0.5, 0.6) is 0 Å². The van der Waals surface area contributed by atoms with Gasteiger partial charge in [-0.05, 0) is 6.92 Å². The number of hydrogen-bond acceptors (Lipinski definition) is 3. The molecule has 1 aliphatic heterocycles. The normalized spacial score (nSPS) is 31.6. The number of hydrogen-bond donors (Lipinski definition) is 1. The fourth-order valence-electron chi connectivity index (χ4n) is 0.941. The van der Waals surface area contributed by atoms with Gasteiger partial charge in [0, 0.05) is 7.11 Å². The van der Waals surface area contributed by atoms with Crippen LogP contribution in [0.25, 0.3) is 0 Å². The fraction of sp³-hybridized carbons (Fsp3) is 0.833. The molecule has 58 valence electrons. The summed E-state index contributed by atoms with van der Waals surface area (Å²) in [4.78, 5) is 10.5. The molecule has 1 N–H and O–H groups in total. The molecular formula is C6H11NO3. The number of methoxy groups -OCH3 is 1. The van der Waals surface area contributed by atoms with Gasteiger partial charge in [-0.3, -0.25) is 0 Å². The molecular weight excluding hydrogens is 134 g/mol. The summed E-state index contributed by atoms with van der Waals surface area (Å²) < 4.78 is 9.77. The van der Waals surface area contributed by atoms with E-state index in [1.54, 1.807) is 7.11 Å². The largest absolute Gasteiger partial charge is 0.439 e. The highest BCUT2D eigenvalue weighted by Gasteiger charge is 2.35. The number of amides is 1. The number of ether oxygens (including phenoxy) is 2. The van der Waals surface area contributed by atoms with Crippen molar-refractivity contribution in [2.24, 2.45) is 0 Å². The van der Waals surface area contributed by atoms with Crippen molar-refractivity contribution >= 4 is 6.09 Å². The molecule has 0 aromatic heterocycles. The number of rotatable bonds is 2. The number of carbonyl (C=O) groups is 1. The minimum Gasteiger partial charge on any atom is -0.439 e. The van der Waals surface area contributed by atoms with Crippen LogP contribution in [0.2, 0.25) is 0 Å². The molecule has 1 heterocycles. The van der Waals surface area contributed by atoms with Gasteiger partial charge in [0.15, 0.2) is 5.60 Å². The van der Waals surface area contributed by atoms with E-state index in [0.29, 0.717) is 13.2 Å². The summed E-state index contributed by atoms with van der Waals surface area (Å²) in [6.07, 6.45) is -0.362. The van der Waals surface area contributed by atoms with Gasteiger partial charge in [0.25, 0.3) is 0 Å². The Bertz CT molecular complexity index is 148. The first-order chi connectivity index (χ1) is 4.66. The van der Waals surface area contributed by atoms with Crippen molar-refractivity contribution in [3.05, 3.63) is 0 Å². The molecule has 10 heavy (non-hydrogen) atoms. The molecule has 4 heteroatoms. The van der Waals surface area contributed by atoms with Crippen LogP contribution in [0, 0.1) is 0 Å². The molecule has 0 radical (unpaired) electrons. The Morgan fingerprint density at radius 3 is 3.00 bits per heavy atom. The lowest BCUT2D eigenvalue weighted by Crippen LogP contribution is -2.34. The van der Waals surface area contributed by atoms with E-state index in [1.807, 2.05) is 6.92 Å². The third kappa shape index (κ3) is 1.39. The predicted octanol–water partition coefficient (Wildman–Crippen LogP) is 0.131. The molecule has 0 spiro atoms. The highest BCUT2D eigenvalue weighted by Crippen LogP contribution is 2.14. The van der Waals surface area contributed by atoms with Crippen molar-refractivity contribution in [1.82, 2.24) is 5.32 Å². The highest BCUT2D eigenvalue weighted by molar-refractivity contribution is 5.70. The van der Waals surface area contributed by atoms with Crippen LogP contribution in [0.15, 0.2) is 0 Å². The lowest BCUT2D eigenvalue weighted by atomic mass is 10.1. The van der Waals surface area contributed by atoms with Crippen molar-refractivity contribution in [1.29, 1.82) is 0 Å². The predicted molar refractivity (Wildman–Crippen MR) is 34.8 cm³/mol. The molecule has 1 fully saturated rings. The van der Waals surface area contributed by atoms with Gasteiger partial charge in [0.05, 0.1) is 13.2 Å². The first kappa shape index (κ1) is 7.34. The van der Waals surface area contributed by atoms with Crippen molar-refractivity contribution < 1.29 is 14.3 Å². The van der Waals surface area contributed by atoms with E-state index in [-0.39, 0.29) is 6.09 Å². The lowest BCUT2D eigenvalue weighted by Gasteiger charge is -2.18. The molecule has 0 aromatic rings. The standard InChI is InChI=1S/C6H11NO3/c1-6(4-9-2)3-7-5(8)10-6/h3-4H2,1-2H3,(H,7,8). The summed E-state index contributed by atoms with van der Waals surface area (Å²) in [5, 5.41) is 2.55. The molecule has 1 rings (SSSR count). The van der Waals surface area contributed by atoms with Crippen LogP contribution >= 0.6 is 0 Å². The second-order valence-electron chi connectivity index (χ2n) is 2.63. The average Bonchev–Trinajstić information content (AvgIpc) is 2.12. The molecule has 1 amide bonds. The van der Waals surface area contributed by atoms with Gasteiger partial charge in [-0.15, -0.1) is 0 Å². The highest BCUT2D eigenvalue weighted by atomic mass is 16.6. The van der Waals surface area contributed by atoms with Gasteiger partial charge in [-0.2, -0.15) is 0 Å². The van der Waals surface area contributed by atoms with Gasteiger partial charge in [-0.25, -0.2) is 4.79 Å². The maximum absolute atomic E-state index is 10.5. The van der Waals surface area contributed by atoms with Crippen molar-refractivity contribution in [3.8, 4) is 0 Å². The summed E-state index contributed by atoms with van der Waals surface area (Å²) in [6, 6.07) is 0. The van der Waals surface area contributed by atoms with E-state index in [4.69, 9.17) is 9.47 Å². The van der Waals surface area contributed by atoms with Gasteiger partial charge < -0.3 is 14.8 Å². The zero-order chi connectivity index (χ0) is 7.61. The maximum atomic E-state index is 10.5. The van der Waals surface area contributed by atoms with Crippen LogP contribution in [0.3, 0.4) is 0 Å². The Balaban J connectivity index is 2.46. The number of alkyl carbamates (subject to hydrolysis) is 1. The van der Waals surface area contributed by atoms with Crippen molar-refractivity contribution in [2.45, 2.75) is 12.5 Å². The zero-order valence-corrected chi connectivity index (χ0v) is 6.14. The van der Waals surface area contributed by atoms with E-state index >= 15 is 0 Å². The molecule has 1 aliphatic rings. The quantitative estimate of drug-likeness (QED) is 0.600.